The summed E-state index contributed by atoms with van der Waals surface area (Å²) in [6, 6.07) is 24.2. The number of nitrogens with one attached hydrogen (secondary N) is 3. The van der Waals surface area contributed by atoms with Crippen molar-refractivity contribution >= 4 is 28.9 Å². The Kier molecular flexibility index (Phi) is 6.63. The maximum absolute atomic E-state index is 12.4. The van der Waals surface area contributed by atoms with Crippen LogP contribution in [-0.2, 0) is 4.79 Å². The first-order chi connectivity index (χ1) is 14.0. The van der Waals surface area contributed by atoms with Crippen molar-refractivity contribution in [2.75, 3.05) is 22.5 Å². The Morgan fingerprint density at radius 3 is 2.03 bits per heavy atom. The normalized spacial score (nSPS) is 10.4. The molecule has 0 saturated carbocycles. The summed E-state index contributed by atoms with van der Waals surface area (Å²) >= 11 is 0. The second-order valence-corrected chi connectivity index (χ2v) is 7.04. The van der Waals surface area contributed by atoms with Gasteiger partial charge in [-0.15, -0.1) is 0 Å². The SMILES string of the molecule is CC(C)c1ccc(NC(=O)CNc2ccccc2NC(=O)c2ccccc2)cc1. The van der Waals surface area contributed by atoms with Crippen molar-refractivity contribution in [3.63, 3.8) is 0 Å². The molecule has 5 nitrogen and oxygen atoms in total. The van der Waals surface area contributed by atoms with E-state index in [2.05, 4.69) is 29.8 Å². The minimum Gasteiger partial charge on any atom is -0.374 e. The molecule has 29 heavy (non-hydrogen) atoms. The molecule has 3 aromatic rings. The summed E-state index contributed by atoms with van der Waals surface area (Å²) in [5.74, 6) is 0.0880. The van der Waals surface area contributed by atoms with Gasteiger partial charge in [0, 0.05) is 11.3 Å². The molecule has 3 rings (SSSR count). The first-order valence-corrected chi connectivity index (χ1v) is 9.62. The molecular weight excluding hydrogens is 362 g/mol. The van der Waals surface area contributed by atoms with E-state index in [1.807, 2.05) is 60.7 Å². The molecule has 0 aliphatic rings. The number of amides is 2. The van der Waals surface area contributed by atoms with Gasteiger partial charge in [0.05, 0.1) is 17.9 Å². The molecule has 0 radical (unpaired) electrons. The van der Waals surface area contributed by atoms with E-state index in [0.717, 1.165) is 5.69 Å². The third kappa shape index (κ3) is 5.69. The summed E-state index contributed by atoms with van der Waals surface area (Å²) in [4.78, 5) is 24.7. The molecule has 3 N–H and O–H groups in total. The number of hydrogen-bond donors (Lipinski definition) is 3. The van der Waals surface area contributed by atoms with Crippen LogP contribution in [0.4, 0.5) is 17.1 Å². The Balaban J connectivity index is 1.59. The van der Waals surface area contributed by atoms with E-state index in [4.69, 9.17) is 0 Å². The van der Waals surface area contributed by atoms with E-state index in [-0.39, 0.29) is 18.4 Å². The maximum Gasteiger partial charge on any atom is 0.255 e. The number of carbonyl (C=O) groups excluding carboxylic acids is 2. The fourth-order valence-corrected chi connectivity index (χ4v) is 2.86. The smallest absolute Gasteiger partial charge is 0.255 e. The van der Waals surface area contributed by atoms with Crippen LogP contribution in [0.15, 0.2) is 78.9 Å². The zero-order valence-corrected chi connectivity index (χ0v) is 16.6. The highest BCUT2D eigenvalue weighted by molar-refractivity contribution is 6.06. The average molecular weight is 387 g/mol. The van der Waals surface area contributed by atoms with E-state index in [9.17, 15) is 9.59 Å². The monoisotopic (exact) mass is 387 g/mol. The number of anilines is 3. The molecule has 0 atom stereocenters. The molecule has 0 spiro atoms. The van der Waals surface area contributed by atoms with Gasteiger partial charge in [0.2, 0.25) is 5.91 Å². The van der Waals surface area contributed by atoms with Crippen LogP contribution < -0.4 is 16.0 Å². The molecule has 0 aromatic heterocycles. The predicted octanol–water partition coefficient (Wildman–Crippen LogP) is 5.11. The summed E-state index contributed by atoms with van der Waals surface area (Å²) < 4.78 is 0. The quantitative estimate of drug-likeness (QED) is 0.527. The van der Waals surface area contributed by atoms with Gasteiger partial charge >= 0.3 is 0 Å². The summed E-state index contributed by atoms with van der Waals surface area (Å²) in [5.41, 5.74) is 3.86. The highest BCUT2D eigenvalue weighted by Gasteiger charge is 2.10. The fraction of sp³-hybridized carbons (Fsp3) is 0.167. The van der Waals surface area contributed by atoms with E-state index >= 15 is 0 Å². The molecule has 0 heterocycles. The molecule has 0 aliphatic carbocycles. The number of hydrogen-bond acceptors (Lipinski definition) is 3. The van der Waals surface area contributed by atoms with Gasteiger partial charge < -0.3 is 16.0 Å². The van der Waals surface area contributed by atoms with Crippen LogP contribution in [-0.4, -0.2) is 18.4 Å². The van der Waals surface area contributed by atoms with Crippen molar-refractivity contribution in [3.05, 3.63) is 90.0 Å². The standard InChI is InChI=1S/C24H25N3O2/c1-17(2)18-12-14-20(15-13-18)26-23(28)16-25-21-10-6-7-11-22(21)27-24(29)19-8-4-3-5-9-19/h3-15,17,25H,16H2,1-2H3,(H,26,28)(H,27,29). The highest BCUT2D eigenvalue weighted by atomic mass is 16.2. The van der Waals surface area contributed by atoms with Gasteiger partial charge in [-0.1, -0.05) is 56.3 Å². The molecule has 0 saturated heterocycles. The van der Waals surface area contributed by atoms with Crippen molar-refractivity contribution in [2.24, 2.45) is 0 Å². The zero-order valence-electron chi connectivity index (χ0n) is 16.6. The van der Waals surface area contributed by atoms with Gasteiger partial charge in [-0.2, -0.15) is 0 Å². The van der Waals surface area contributed by atoms with Gasteiger partial charge in [0.15, 0.2) is 0 Å². The lowest BCUT2D eigenvalue weighted by Crippen LogP contribution is -2.22. The Morgan fingerprint density at radius 2 is 1.38 bits per heavy atom. The van der Waals surface area contributed by atoms with Crippen molar-refractivity contribution in [2.45, 2.75) is 19.8 Å². The van der Waals surface area contributed by atoms with Gasteiger partial charge in [-0.3, -0.25) is 9.59 Å². The molecule has 0 bridgehead atoms. The van der Waals surface area contributed by atoms with E-state index in [1.165, 1.54) is 5.56 Å². The van der Waals surface area contributed by atoms with Gasteiger partial charge in [-0.25, -0.2) is 0 Å². The summed E-state index contributed by atoms with van der Waals surface area (Å²) in [6.45, 7) is 4.35. The number of carbonyl (C=O) groups is 2. The molecular formula is C24H25N3O2. The second kappa shape index (κ2) is 9.55. The number of benzene rings is 3. The molecule has 5 heteroatoms. The van der Waals surface area contributed by atoms with Crippen LogP contribution >= 0.6 is 0 Å². The van der Waals surface area contributed by atoms with Crippen molar-refractivity contribution in [1.82, 2.24) is 0 Å². The largest absolute Gasteiger partial charge is 0.374 e. The average Bonchev–Trinajstić information content (AvgIpc) is 2.74. The minimum atomic E-state index is -0.199. The minimum absolute atomic E-state index is 0.0875. The van der Waals surface area contributed by atoms with Crippen molar-refractivity contribution in [1.29, 1.82) is 0 Å². The molecule has 148 valence electrons. The number of rotatable bonds is 7. The summed E-state index contributed by atoms with van der Waals surface area (Å²) in [6.07, 6.45) is 0. The first-order valence-electron chi connectivity index (χ1n) is 9.62. The lowest BCUT2D eigenvalue weighted by molar-refractivity contribution is -0.114. The lowest BCUT2D eigenvalue weighted by atomic mass is 10.0. The molecule has 3 aromatic carbocycles. The van der Waals surface area contributed by atoms with Crippen molar-refractivity contribution in [3.8, 4) is 0 Å². The van der Waals surface area contributed by atoms with Crippen LogP contribution in [0, 0.1) is 0 Å². The molecule has 0 aliphatic heterocycles. The van der Waals surface area contributed by atoms with Gasteiger partial charge in [-0.05, 0) is 47.9 Å². The van der Waals surface area contributed by atoms with E-state index in [1.54, 1.807) is 18.2 Å². The van der Waals surface area contributed by atoms with Gasteiger partial charge in [0.1, 0.15) is 0 Å². The summed E-state index contributed by atoms with van der Waals surface area (Å²) in [7, 11) is 0. The Hall–Kier alpha value is -3.60. The van der Waals surface area contributed by atoms with E-state index in [0.29, 0.717) is 22.9 Å². The topological polar surface area (TPSA) is 70.2 Å². The zero-order chi connectivity index (χ0) is 20.6. The van der Waals surface area contributed by atoms with Gasteiger partial charge in [0.25, 0.3) is 5.91 Å². The number of para-hydroxylation sites is 2. The van der Waals surface area contributed by atoms with Crippen LogP contribution in [0.2, 0.25) is 0 Å². The third-order valence-corrected chi connectivity index (χ3v) is 4.51. The Morgan fingerprint density at radius 1 is 0.759 bits per heavy atom. The highest BCUT2D eigenvalue weighted by Crippen LogP contribution is 2.22. The molecule has 2 amide bonds. The molecule has 0 unspecified atom stereocenters. The van der Waals surface area contributed by atoms with E-state index < -0.39 is 0 Å². The second-order valence-electron chi connectivity index (χ2n) is 7.04. The first kappa shape index (κ1) is 20.1. The lowest BCUT2D eigenvalue weighted by Gasteiger charge is -2.13. The predicted molar refractivity (Wildman–Crippen MR) is 118 cm³/mol. The van der Waals surface area contributed by atoms with Crippen molar-refractivity contribution < 1.29 is 9.59 Å². The van der Waals surface area contributed by atoms with Crippen LogP contribution in [0.1, 0.15) is 35.7 Å². The summed E-state index contributed by atoms with van der Waals surface area (Å²) in [5, 5.41) is 8.85. The fourth-order valence-electron chi connectivity index (χ4n) is 2.86. The van der Waals surface area contributed by atoms with Crippen LogP contribution in [0.3, 0.4) is 0 Å². The maximum atomic E-state index is 12.4. The third-order valence-electron chi connectivity index (χ3n) is 4.51. The Labute approximate surface area is 171 Å². The molecule has 0 fully saturated rings. The Bertz CT molecular complexity index is 967. The van der Waals surface area contributed by atoms with Crippen LogP contribution in [0.5, 0.6) is 0 Å². The van der Waals surface area contributed by atoms with Crippen LogP contribution in [0.25, 0.3) is 0 Å².